The van der Waals surface area contributed by atoms with Crippen LogP contribution in [-0.4, -0.2) is 37.0 Å². The average Bonchev–Trinajstić information content (AvgIpc) is 2.97. The zero-order chi connectivity index (χ0) is 14.4. The lowest BCUT2D eigenvalue weighted by Crippen LogP contribution is -2.39. The third kappa shape index (κ3) is 4.32. The molecule has 1 heterocycles. The lowest BCUT2D eigenvalue weighted by Gasteiger charge is -2.21. The minimum atomic E-state index is -0.574. The molecule has 4 heteroatoms. The van der Waals surface area contributed by atoms with Gasteiger partial charge in [0.1, 0.15) is 6.04 Å². The molecule has 3 N–H and O–H groups in total. The molecule has 2 atom stereocenters. The van der Waals surface area contributed by atoms with E-state index in [0.29, 0.717) is 12.5 Å². The number of carbonyl (C=O) groups is 1. The fourth-order valence-corrected chi connectivity index (χ4v) is 2.67. The Bertz CT molecular complexity index is 415. The Labute approximate surface area is 121 Å². The van der Waals surface area contributed by atoms with E-state index in [2.05, 4.69) is 17.1 Å². The fraction of sp³-hybridized carbons (Fsp3) is 0.562. The molecule has 0 bridgehead atoms. The standard InChI is InChI=1S/C16H25N3O/c1-13(12-19-9-5-6-10-19)11-18-16(20)15(17)14-7-3-2-4-8-14/h2-4,7-8,13,15H,5-6,9-12,17H2,1H3,(H,18,20)/t13?,15-/m1/s1. The van der Waals surface area contributed by atoms with Gasteiger partial charge < -0.3 is 16.0 Å². The highest BCUT2D eigenvalue weighted by atomic mass is 16.2. The van der Waals surface area contributed by atoms with Crippen LogP contribution in [0.3, 0.4) is 0 Å². The van der Waals surface area contributed by atoms with E-state index >= 15 is 0 Å². The lowest BCUT2D eigenvalue weighted by atomic mass is 10.1. The second-order valence-electron chi connectivity index (χ2n) is 5.75. The molecule has 0 aliphatic carbocycles. The Morgan fingerprint density at radius 3 is 2.60 bits per heavy atom. The molecule has 1 aromatic rings. The molecule has 0 spiro atoms. The van der Waals surface area contributed by atoms with E-state index in [0.717, 1.165) is 12.1 Å². The van der Waals surface area contributed by atoms with Crippen molar-refractivity contribution < 1.29 is 4.79 Å². The van der Waals surface area contributed by atoms with Gasteiger partial charge in [0.05, 0.1) is 0 Å². The molecule has 4 nitrogen and oxygen atoms in total. The molecule has 1 aliphatic rings. The van der Waals surface area contributed by atoms with Crippen molar-refractivity contribution in [2.24, 2.45) is 11.7 Å². The third-order valence-corrected chi connectivity index (χ3v) is 3.83. The Hall–Kier alpha value is -1.39. The number of carbonyl (C=O) groups excluding carboxylic acids is 1. The van der Waals surface area contributed by atoms with Gasteiger partial charge in [-0.15, -0.1) is 0 Å². The number of hydrogen-bond acceptors (Lipinski definition) is 3. The van der Waals surface area contributed by atoms with Crippen molar-refractivity contribution in [3.63, 3.8) is 0 Å². The summed E-state index contributed by atoms with van der Waals surface area (Å²) >= 11 is 0. The van der Waals surface area contributed by atoms with Crippen LogP contribution in [0, 0.1) is 5.92 Å². The quantitative estimate of drug-likeness (QED) is 0.828. The number of hydrogen-bond donors (Lipinski definition) is 2. The summed E-state index contributed by atoms with van der Waals surface area (Å²) in [5.41, 5.74) is 6.82. The molecule has 1 amide bonds. The smallest absolute Gasteiger partial charge is 0.241 e. The van der Waals surface area contributed by atoms with Crippen LogP contribution in [0.2, 0.25) is 0 Å². The number of amides is 1. The van der Waals surface area contributed by atoms with Crippen molar-refractivity contribution in [2.45, 2.75) is 25.8 Å². The first-order valence-corrected chi connectivity index (χ1v) is 7.47. The van der Waals surface area contributed by atoms with Crippen LogP contribution in [0.15, 0.2) is 30.3 Å². The summed E-state index contributed by atoms with van der Waals surface area (Å²) in [7, 11) is 0. The van der Waals surface area contributed by atoms with Crippen LogP contribution >= 0.6 is 0 Å². The normalized spacial score (nSPS) is 18.7. The molecule has 0 aromatic heterocycles. The number of nitrogens with two attached hydrogens (primary N) is 1. The molecule has 0 saturated carbocycles. The van der Waals surface area contributed by atoms with E-state index in [1.165, 1.54) is 25.9 Å². The SMILES string of the molecule is CC(CNC(=O)[C@H](N)c1ccccc1)CN1CCCC1. The van der Waals surface area contributed by atoms with Gasteiger partial charge in [0, 0.05) is 13.1 Å². The average molecular weight is 275 g/mol. The third-order valence-electron chi connectivity index (χ3n) is 3.83. The molecule has 110 valence electrons. The summed E-state index contributed by atoms with van der Waals surface area (Å²) in [5, 5.41) is 2.96. The zero-order valence-electron chi connectivity index (χ0n) is 12.2. The number of benzene rings is 1. The first kappa shape index (κ1) is 15.0. The van der Waals surface area contributed by atoms with E-state index in [4.69, 9.17) is 5.73 Å². The van der Waals surface area contributed by atoms with Crippen LogP contribution in [0.5, 0.6) is 0 Å². The van der Waals surface area contributed by atoms with Gasteiger partial charge in [-0.2, -0.15) is 0 Å². The highest BCUT2D eigenvalue weighted by Gasteiger charge is 2.18. The van der Waals surface area contributed by atoms with Gasteiger partial charge in [-0.1, -0.05) is 37.3 Å². The van der Waals surface area contributed by atoms with Gasteiger partial charge in [0.2, 0.25) is 5.91 Å². The van der Waals surface area contributed by atoms with Crippen LogP contribution in [0.1, 0.15) is 31.4 Å². The molecule has 1 aromatic carbocycles. The molecule has 1 unspecified atom stereocenters. The molecular weight excluding hydrogens is 250 g/mol. The minimum absolute atomic E-state index is 0.0931. The molecular formula is C16H25N3O. The minimum Gasteiger partial charge on any atom is -0.354 e. The second kappa shape index (κ2) is 7.41. The van der Waals surface area contributed by atoms with Crippen molar-refractivity contribution in [1.82, 2.24) is 10.2 Å². The van der Waals surface area contributed by atoms with Crippen molar-refractivity contribution in [3.8, 4) is 0 Å². The Morgan fingerprint density at radius 1 is 1.30 bits per heavy atom. The van der Waals surface area contributed by atoms with E-state index in [-0.39, 0.29) is 5.91 Å². The Balaban J connectivity index is 1.74. The zero-order valence-corrected chi connectivity index (χ0v) is 12.2. The molecule has 1 saturated heterocycles. The van der Waals surface area contributed by atoms with Crippen LogP contribution < -0.4 is 11.1 Å². The van der Waals surface area contributed by atoms with Crippen LogP contribution in [-0.2, 0) is 4.79 Å². The molecule has 1 fully saturated rings. The van der Waals surface area contributed by atoms with Crippen LogP contribution in [0.25, 0.3) is 0 Å². The van der Waals surface area contributed by atoms with Gasteiger partial charge in [-0.05, 0) is 37.4 Å². The number of rotatable bonds is 6. The van der Waals surface area contributed by atoms with Crippen molar-refractivity contribution in [2.75, 3.05) is 26.2 Å². The van der Waals surface area contributed by atoms with E-state index in [1.54, 1.807) is 0 Å². The molecule has 2 rings (SSSR count). The van der Waals surface area contributed by atoms with Gasteiger partial charge in [0.15, 0.2) is 0 Å². The first-order valence-electron chi connectivity index (χ1n) is 7.47. The fourth-order valence-electron chi connectivity index (χ4n) is 2.67. The second-order valence-corrected chi connectivity index (χ2v) is 5.75. The topological polar surface area (TPSA) is 58.4 Å². The van der Waals surface area contributed by atoms with Gasteiger partial charge in [-0.3, -0.25) is 4.79 Å². The maximum absolute atomic E-state index is 12.0. The van der Waals surface area contributed by atoms with Crippen LogP contribution in [0.4, 0.5) is 0 Å². The number of nitrogens with zero attached hydrogens (tertiary/aromatic N) is 1. The first-order chi connectivity index (χ1) is 9.66. The predicted octanol–water partition coefficient (Wildman–Crippen LogP) is 1.53. The molecule has 20 heavy (non-hydrogen) atoms. The maximum atomic E-state index is 12.0. The molecule has 0 radical (unpaired) electrons. The maximum Gasteiger partial charge on any atom is 0.241 e. The summed E-state index contributed by atoms with van der Waals surface area (Å²) in [6, 6.07) is 8.93. The van der Waals surface area contributed by atoms with Gasteiger partial charge in [0.25, 0.3) is 0 Å². The van der Waals surface area contributed by atoms with Crippen molar-refractivity contribution >= 4 is 5.91 Å². The highest BCUT2D eigenvalue weighted by molar-refractivity contribution is 5.82. The Kier molecular flexibility index (Phi) is 5.56. The van der Waals surface area contributed by atoms with E-state index in [9.17, 15) is 4.79 Å². The predicted molar refractivity (Wildman–Crippen MR) is 81.2 cm³/mol. The summed E-state index contributed by atoms with van der Waals surface area (Å²) in [4.78, 5) is 14.5. The van der Waals surface area contributed by atoms with Gasteiger partial charge >= 0.3 is 0 Å². The monoisotopic (exact) mass is 275 g/mol. The highest BCUT2D eigenvalue weighted by Crippen LogP contribution is 2.11. The number of nitrogens with one attached hydrogen (secondary N) is 1. The lowest BCUT2D eigenvalue weighted by molar-refractivity contribution is -0.122. The Morgan fingerprint density at radius 2 is 1.95 bits per heavy atom. The van der Waals surface area contributed by atoms with E-state index < -0.39 is 6.04 Å². The largest absolute Gasteiger partial charge is 0.354 e. The van der Waals surface area contributed by atoms with E-state index in [1.807, 2.05) is 30.3 Å². The molecule has 1 aliphatic heterocycles. The van der Waals surface area contributed by atoms with Crippen molar-refractivity contribution in [1.29, 1.82) is 0 Å². The summed E-state index contributed by atoms with van der Waals surface area (Å²) in [5.74, 6) is 0.365. The summed E-state index contributed by atoms with van der Waals surface area (Å²) in [6.45, 7) is 6.31. The summed E-state index contributed by atoms with van der Waals surface area (Å²) in [6.07, 6.45) is 2.61. The number of likely N-dealkylation sites (tertiary alicyclic amines) is 1. The van der Waals surface area contributed by atoms with Crippen molar-refractivity contribution in [3.05, 3.63) is 35.9 Å². The van der Waals surface area contributed by atoms with Gasteiger partial charge in [-0.25, -0.2) is 0 Å². The summed E-state index contributed by atoms with van der Waals surface area (Å²) < 4.78 is 0.